The fourth-order valence-electron chi connectivity index (χ4n) is 2.89. The quantitative estimate of drug-likeness (QED) is 0.793. The SMILES string of the molecule is CCCC(C)(NC(=O)C1CCCC1(C)C)C(=O)O. The highest BCUT2D eigenvalue weighted by Gasteiger charge is 2.43. The van der Waals surface area contributed by atoms with Crippen LogP contribution in [0.25, 0.3) is 0 Å². The molecule has 0 aromatic carbocycles. The lowest BCUT2D eigenvalue weighted by molar-refractivity contribution is -0.148. The molecule has 104 valence electrons. The molecule has 0 spiro atoms. The van der Waals surface area contributed by atoms with E-state index in [2.05, 4.69) is 19.2 Å². The average molecular weight is 255 g/mol. The number of amides is 1. The molecule has 0 aromatic heterocycles. The monoisotopic (exact) mass is 255 g/mol. The Kier molecular flexibility index (Phi) is 4.41. The van der Waals surface area contributed by atoms with Gasteiger partial charge in [0.15, 0.2) is 0 Å². The van der Waals surface area contributed by atoms with Crippen molar-refractivity contribution in [3.05, 3.63) is 0 Å². The molecule has 0 aliphatic heterocycles. The van der Waals surface area contributed by atoms with E-state index < -0.39 is 11.5 Å². The Labute approximate surface area is 109 Å². The summed E-state index contributed by atoms with van der Waals surface area (Å²) in [5.74, 6) is -1.11. The molecule has 1 aliphatic carbocycles. The Morgan fingerprint density at radius 3 is 2.44 bits per heavy atom. The molecule has 2 unspecified atom stereocenters. The summed E-state index contributed by atoms with van der Waals surface area (Å²) in [5, 5.41) is 12.0. The summed E-state index contributed by atoms with van der Waals surface area (Å²) in [6.45, 7) is 7.69. The topological polar surface area (TPSA) is 66.4 Å². The van der Waals surface area contributed by atoms with E-state index in [-0.39, 0.29) is 17.2 Å². The van der Waals surface area contributed by atoms with Crippen molar-refractivity contribution in [3.63, 3.8) is 0 Å². The zero-order chi connectivity index (χ0) is 14.0. The van der Waals surface area contributed by atoms with E-state index in [9.17, 15) is 14.7 Å². The third kappa shape index (κ3) is 3.03. The van der Waals surface area contributed by atoms with Gasteiger partial charge in [-0.15, -0.1) is 0 Å². The first kappa shape index (κ1) is 15.0. The molecule has 1 rings (SSSR count). The Hall–Kier alpha value is -1.06. The number of rotatable bonds is 5. The van der Waals surface area contributed by atoms with Crippen molar-refractivity contribution in [2.24, 2.45) is 11.3 Å². The normalized spacial score (nSPS) is 25.4. The first-order chi connectivity index (χ1) is 8.23. The van der Waals surface area contributed by atoms with Crippen molar-refractivity contribution < 1.29 is 14.7 Å². The minimum Gasteiger partial charge on any atom is -0.480 e. The zero-order valence-electron chi connectivity index (χ0n) is 11.9. The lowest BCUT2D eigenvalue weighted by atomic mass is 9.80. The summed E-state index contributed by atoms with van der Waals surface area (Å²) in [7, 11) is 0. The number of carbonyl (C=O) groups excluding carboxylic acids is 1. The second-order valence-corrected chi connectivity index (χ2v) is 6.31. The van der Waals surface area contributed by atoms with Crippen molar-refractivity contribution in [1.82, 2.24) is 5.32 Å². The van der Waals surface area contributed by atoms with Crippen LogP contribution in [0.5, 0.6) is 0 Å². The standard InChI is InChI=1S/C14H25NO3/c1-5-8-14(4,12(17)18)15-11(16)10-7-6-9-13(10,2)3/h10H,5-9H2,1-4H3,(H,15,16)(H,17,18). The fourth-order valence-corrected chi connectivity index (χ4v) is 2.89. The van der Waals surface area contributed by atoms with Gasteiger partial charge in [0.2, 0.25) is 5.91 Å². The second-order valence-electron chi connectivity index (χ2n) is 6.31. The van der Waals surface area contributed by atoms with Crippen LogP contribution in [0.3, 0.4) is 0 Å². The fraction of sp³-hybridized carbons (Fsp3) is 0.857. The third-order valence-electron chi connectivity index (χ3n) is 4.19. The minimum atomic E-state index is -1.13. The first-order valence-electron chi connectivity index (χ1n) is 6.78. The van der Waals surface area contributed by atoms with Crippen LogP contribution in [-0.4, -0.2) is 22.5 Å². The van der Waals surface area contributed by atoms with Crippen molar-refractivity contribution in [3.8, 4) is 0 Å². The summed E-state index contributed by atoms with van der Waals surface area (Å²) in [6.07, 6.45) is 4.13. The molecule has 1 fully saturated rings. The van der Waals surface area contributed by atoms with Gasteiger partial charge in [-0.3, -0.25) is 4.79 Å². The minimum absolute atomic E-state index is 0.0181. The van der Waals surface area contributed by atoms with E-state index in [0.717, 1.165) is 25.7 Å². The first-order valence-corrected chi connectivity index (χ1v) is 6.78. The van der Waals surface area contributed by atoms with Crippen LogP contribution in [0.15, 0.2) is 0 Å². The Morgan fingerprint density at radius 2 is 2.06 bits per heavy atom. The van der Waals surface area contributed by atoms with Crippen molar-refractivity contribution in [1.29, 1.82) is 0 Å². The molecule has 2 atom stereocenters. The molecular formula is C14H25NO3. The van der Waals surface area contributed by atoms with Crippen LogP contribution >= 0.6 is 0 Å². The van der Waals surface area contributed by atoms with E-state index in [1.54, 1.807) is 6.92 Å². The molecule has 0 heterocycles. The highest BCUT2D eigenvalue weighted by atomic mass is 16.4. The van der Waals surface area contributed by atoms with Crippen molar-refractivity contribution >= 4 is 11.9 Å². The maximum atomic E-state index is 12.3. The summed E-state index contributed by atoms with van der Waals surface area (Å²) in [5.41, 5.74) is -1.15. The largest absolute Gasteiger partial charge is 0.480 e. The maximum absolute atomic E-state index is 12.3. The van der Waals surface area contributed by atoms with Crippen LogP contribution in [0.1, 0.15) is 59.8 Å². The number of hydrogen-bond acceptors (Lipinski definition) is 2. The molecule has 1 saturated carbocycles. The van der Waals surface area contributed by atoms with Crippen molar-refractivity contribution in [2.45, 2.75) is 65.3 Å². The number of hydrogen-bond donors (Lipinski definition) is 2. The van der Waals surface area contributed by atoms with Crippen LogP contribution in [-0.2, 0) is 9.59 Å². The van der Waals surface area contributed by atoms with Crippen molar-refractivity contribution in [2.75, 3.05) is 0 Å². The summed E-state index contributed by atoms with van der Waals surface area (Å²) >= 11 is 0. The number of carboxylic acid groups (broad SMARTS) is 1. The van der Waals surface area contributed by atoms with Gasteiger partial charge < -0.3 is 10.4 Å². The lowest BCUT2D eigenvalue weighted by Crippen LogP contribution is -2.54. The summed E-state index contributed by atoms with van der Waals surface area (Å²) in [4.78, 5) is 23.6. The van der Waals surface area contributed by atoms with Crippen LogP contribution in [0.2, 0.25) is 0 Å². The van der Waals surface area contributed by atoms with Gasteiger partial charge in [0.05, 0.1) is 0 Å². The van der Waals surface area contributed by atoms with E-state index in [0.29, 0.717) is 6.42 Å². The van der Waals surface area contributed by atoms with E-state index in [1.807, 2.05) is 6.92 Å². The molecule has 2 N–H and O–H groups in total. The molecule has 1 amide bonds. The van der Waals surface area contributed by atoms with E-state index in [4.69, 9.17) is 0 Å². The summed E-state index contributed by atoms with van der Waals surface area (Å²) in [6, 6.07) is 0. The Bertz CT molecular complexity index is 338. The van der Waals surface area contributed by atoms with Gasteiger partial charge >= 0.3 is 5.97 Å². The predicted molar refractivity (Wildman–Crippen MR) is 70.2 cm³/mol. The highest BCUT2D eigenvalue weighted by Crippen LogP contribution is 2.42. The van der Waals surface area contributed by atoms with Gasteiger partial charge in [0.25, 0.3) is 0 Å². The lowest BCUT2D eigenvalue weighted by Gasteiger charge is -2.31. The Balaban J connectivity index is 2.76. The van der Waals surface area contributed by atoms with Gasteiger partial charge in [0, 0.05) is 5.92 Å². The molecule has 0 aromatic rings. The second kappa shape index (κ2) is 5.29. The molecule has 1 aliphatic rings. The number of carboxylic acids is 1. The molecule has 18 heavy (non-hydrogen) atoms. The van der Waals surface area contributed by atoms with Gasteiger partial charge in [-0.1, -0.05) is 33.6 Å². The maximum Gasteiger partial charge on any atom is 0.329 e. The number of aliphatic carboxylic acids is 1. The Morgan fingerprint density at radius 1 is 1.44 bits per heavy atom. The van der Waals surface area contributed by atoms with Gasteiger partial charge in [-0.25, -0.2) is 4.79 Å². The molecular weight excluding hydrogens is 230 g/mol. The average Bonchev–Trinajstić information content (AvgIpc) is 2.58. The van der Waals surface area contributed by atoms with Crippen LogP contribution in [0.4, 0.5) is 0 Å². The smallest absolute Gasteiger partial charge is 0.329 e. The zero-order valence-corrected chi connectivity index (χ0v) is 11.9. The van der Waals surface area contributed by atoms with E-state index >= 15 is 0 Å². The summed E-state index contributed by atoms with van der Waals surface area (Å²) < 4.78 is 0. The van der Waals surface area contributed by atoms with E-state index in [1.165, 1.54) is 0 Å². The third-order valence-corrected chi connectivity index (χ3v) is 4.19. The molecule has 4 heteroatoms. The predicted octanol–water partition coefficient (Wildman–Crippen LogP) is 2.57. The number of carbonyl (C=O) groups is 2. The highest BCUT2D eigenvalue weighted by molar-refractivity contribution is 5.88. The van der Waals surface area contributed by atoms with Crippen LogP contribution < -0.4 is 5.32 Å². The van der Waals surface area contributed by atoms with Crippen LogP contribution in [0, 0.1) is 11.3 Å². The number of nitrogens with one attached hydrogen (secondary N) is 1. The van der Waals surface area contributed by atoms with Gasteiger partial charge in [-0.2, -0.15) is 0 Å². The molecule has 4 nitrogen and oxygen atoms in total. The van der Waals surface area contributed by atoms with Gasteiger partial charge in [-0.05, 0) is 31.6 Å². The molecule has 0 bridgehead atoms. The molecule has 0 saturated heterocycles. The molecule has 0 radical (unpaired) electrons. The van der Waals surface area contributed by atoms with Gasteiger partial charge in [0.1, 0.15) is 5.54 Å².